The first-order valence-electron chi connectivity index (χ1n) is 6.83. The summed E-state index contributed by atoms with van der Waals surface area (Å²) in [5, 5.41) is 3.39. The van der Waals surface area contributed by atoms with Gasteiger partial charge in [0.1, 0.15) is 5.82 Å². The molecule has 1 aliphatic rings. The lowest BCUT2D eigenvalue weighted by Gasteiger charge is -2.24. The van der Waals surface area contributed by atoms with Gasteiger partial charge in [-0.05, 0) is 38.4 Å². The maximum Gasteiger partial charge on any atom is 0.129 e. The molecule has 0 atom stereocenters. The molecule has 1 fully saturated rings. The molecular weight excluding hydrogens is 224 g/mol. The van der Waals surface area contributed by atoms with Gasteiger partial charge in [-0.1, -0.05) is 12.8 Å². The Balaban J connectivity index is 1.77. The normalized spacial score (nSPS) is 16.4. The van der Waals surface area contributed by atoms with Crippen molar-refractivity contribution in [1.82, 2.24) is 9.88 Å². The average Bonchev–Trinajstić information content (AvgIpc) is 2.85. The molecule has 0 aromatic carbocycles. The Morgan fingerprint density at radius 2 is 2.17 bits per heavy atom. The van der Waals surface area contributed by atoms with Crippen LogP contribution in [0.1, 0.15) is 31.2 Å². The van der Waals surface area contributed by atoms with Crippen LogP contribution in [0, 0.1) is 6.92 Å². The molecule has 1 aromatic heterocycles. The third-order valence-electron chi connectivity index (χ3n) is 3.80. The molecule has 0 bridgehead atoms. The lowest BCUT2D eigenvalue weighted by Crippen LogP contribution is -2.33. The minimum Gasteiger partial charge on any atom is -0.397 e. The fourth-order valence-corrected chi connectivity index (χ4v) is 2.66. The molecule has 2 rings (SSSR count). The number of hydrogen-bond acceptors (Lipinski definition) is 4. The lowest BCUT2D eigenvalue weighted by atomic mass is 10.2. The minimum atomic E-state index is 0.723. The van der Waals surface area contributed by atoms with Gasteiger partial charge in [-0.2, -0.15) is 0 Å². The number of nitrogen functional groups attached to an aromatic ring is 1. The van der Waals surface area contributed by atoms with Crippen molar-refractivity contribution in [3.63, 3.8) is 0 Å². The highest BCUT2D eigenvalue weighted by atomic mass is 15.1. The van der Waals surface area contributed by atoms with E-state index >= 15 is 0 Å². The maximum absolute atomic E-state index is 5.69. The highest BCUT2D eigenvalue weighted by Gasteiger charge is 2.18. The van der Waals surface area contributed by atoms with Crippen molar-refractivity contribution < 1.29 is 0 Å². The van der Waals surface area contributed by atoms with Crippen LogP contribution in [-0.4, -0.2) is 36.1 Å². The monoisotopic (exact) mass is 248 g/mol. The van der Waals surface area contributed by atoms with Gasteiger partial charge in [0.2, 0.25) is 0 Å². The fraction of sp³-hybridized carbons (Fsp3) is 0.643. The minimum absolute atomic E-state index is 0.723. The van der Waals surface area contributed by atoms with E-state index in [1.165, 1.54) is 25.7 Å². The van der Waals surface area contributed by atoms with Crippen molar-refractivity contribution >= 4 is 11.5 Å². The topological polar surface area (TPSA) is 54.2 Å². The number of pyridine rings is 1. The number of nitrogens with two attached hydrogens (primary N) is 1. The van der Waals surface area contributed by atoms with Crippen molar-refractivity contribution in [2.75, 3.05) is 31.2 Å². The zero-order chi connectivity index (χ0) is 13.0. The van der Waals surface area contributed by atoms with Crippen molar-refractivity contribution in [3.8, 4) is 0 Å². The Hall–Kier alpha value is -1.29. The van der Waals surface area contributed by atoms with E-state index in [4.69, 9.17) is 5.73 Å². The zero-order valence-corrected chi connectivity index (χ0v) is 11.4. The van der Waals surface area contributed by atoms with Gasteiger partial charge < -0.3 is 16.0 Å². The molecule has 0 saturated heterocycles. The van der Waals surface area contributed by atoms with Crippen molar-refractivity contribution in [3.05, 3.63) is 17.8 Å². The number of rotatable bonds is 5. The number of nitrogens with zero attached hydrogens (tertiary/aromatic N) is 2. The molecular formula is C14H24N4. The van der Waals surface area contributed by atoms with E-state index in [-0.39, 0.29) is 0 Å². The SMILES string of the molecule is Cc1cc(N)cnc1NCCN(C)C1CCCC1. The summed E-state index contributed by atoms with van der Waals surface area (Å²) in [7, 11) is 2.22. The van der Waals surface area contributed by atoms with E-state index in [9.17, 15) is 0 Å². The molecule has 1 aliphatic carbocycles. The number of anilines is 2. The van der Waals surface area contributed by atoms with Crippen LogP contribution in [0.2, 0.25) is 0 Å². The molecule has 0 aliphatic heterocycles. The average molecular weight is 248 g/mol. The molecule has 4 heteroatoms. The maximum atomic E-state index is 5.69. The Kier molecular flexibility index (Phi) is 4.42. The first kappa shape index (κ1) is 13.1. The smallest absolute Gasteiger partial charge is 0.129 e. The predicted octanol–water partition coefficient (Wildman–Crippen LogP) is 2.26. The van der Waals surface area contributed by atoms with E-state index in [1.807, 2.05) is 13.0 Å². The van der Waals surface area contributed by atoms with E-state index in [2.05, 4.69) is 22.2 Å². The lowest BCUT2D eigenvalue weighted by molar-refractivity contribution is 0.254. The summed E-state index contributed by atoms with van der Waals surface area (Å²) < 4.78 is 0. The quantitative estimate of drug-likeness (QED) is 0.839. The Labute approximate surface area is 110 Å². The van der Waals surface area contributed by atoms with Gasteiger partial charge in [0, 0.05) is 19.1 Å². The molecule has 0 amide bonds. The molecule has 0 radical (unpaired) electrons. The highest BCUT2D eigenvalue weighted by molar-refractivity contribution is 5.50. The summed E-state index contributed by atoms with van der Waals surface area (Å²) in [5.41, 5.74) is 7.52. The van der Waals surface area contributed by atoms with Crippen molar-refractivity contribution in [2.24, 2.45) is 0 Å². The molecule has 3 N–H and O–H groups in total. The van der Waals surface area contributed by atoms with E-state index < -0.39 is 0 Å². The largest absolute Gasteiger partial charge is 0.397 e. The van der Waals surface area contributed by atoms with Crippen LogP contribution >= 0.6 is 0 Å². The number of nitrogens with one attached hydrogen (secondary N) is 1. The molecule has 1 aromatic rings. The van der Waals surface area contributed by atoms with Gasteiger partial charge >= 0.3 is 0 Å². The van der Waals surface area contributed by atoms with Crippen molar-refractivity contribution in [2.45, 2.75) is 38.6 Å². The second-order valence-electron chi connectivity index (χ2n) is 5.28. The summed E-state index contributed by atoms with van der Waals surface area (Å²) >= 11 is 0. The van der Waals surface area contributed by atoms with Crippen LogP contribution in [-0.2, 0) is 0 Å². The molecule has 0 unspecified atom stereocenters. The summed E-state index contributed by atoms with van der Waals surface area (Å²) in [6.45, 7) is 4.04. The fourth-order valence-electron chi connectivity index (χ4n) is 2.66. The standard InChI is InChI=1S/C14H24N4/c1-11-9-12(15)10-17-14(11)16-7-8-18(2)13-5-3-4-6-13/h9-10,13H,3-8,15H2,1-2H3,(H,16,17). The third-order valence-corrected chi connectivity index (χ3v) is 3.80. The van der Waals surface area contributed by atoms with Gasteiger partial charge in [0.25, 0.3) is 0 Å². The number of likely N-dealkylation sites (N-methyl/N-ethyl adjacent to an activating group) is 1. The van der Waals surface area contributed by atoms with Crippen LogP contribution in [0.5, 0.6) is 0 Å². The second kappa shape index (κ2) is 6.05. The molecule has 4 nitrogen and oxygen atoms in total. The van der Waals surface area contributed by atoms with Crippen LogP contribution in [0.3, 0.4) is 0 Å². The van der Waals surface area contributed by atoms with E-state index in [0.717, 1.165) is 36.2 Å². The predicted molar refractivity (Wildman–Crippen MR) is 76.8 cm³/mol. The van der Waals surface area contributed by atoms with Gasteiger partial charge in [-0.3, -0.25) is 0 Å². The first-order valence-corrected chi connectivity index (χ1v) is 6.83. The van der Waals surface area contributed by atoms with Crippen molar-refractivity contribution in [1.29, 1.82) is 0 Å². The molecule has 1 heterocycles. The van der Waals surface area contributed by atoms with Gasteiger partial charge in [-0.15, -0.1) is 0 Å². The number of hydrogen-bond donors (Lipinski definition) is 2. The summed E-state index contributed by atoms with van der Waals surface area (Å²) in [5.74, 6) is 0.948. The zero-order valence-electron chi connectivity index (χ0n) is 11.4. The third kappa shape index (κ3) is 3.35. The Bertz CT molecular complexity index is 385. The van der Waals surface area contributed by atoms with E-state index in [0.29, 0.717) is 0 Å². The van der Waals surface area contributed by atoms with Gasteiger partial charge in [-0.25, -0.2) is 4.98 Å². The number of aromatic nitrogens is 1. The molecule has 100 valence electrons. The van der Waals surface area contributed by atoms with Gasteiger partial charge in [0.05, 0.1) is 11.9 Å². The highest BCUT2D eigenvalue weighted by Crippen LogP contribution is 2.22. The second-order valence-corrected chi connectivity index (χ2v) is 5.28. The summed E-state index contributed by atoms with van der Waals surface area (Å²) in [6, 6.07) is 2.74. The molecule has 0 spiro atoms. The summed E-state index contributed by atoms with van der Waals surface area (Å²) in [4.78, 5) is 6.78. The van der Waals surface area contributed by atoms with E-state index in [1.54, 1.807) is 6.20 Å². The molecule has 18 heavy (non-hydrogen) atoms. The number of aryl methyl sites for hydroxylation is 1. The van der Waals surface area contributed by atoms with Crippen LogP contribution in [0.4, 0.5) is 11.5 Å². The Morgan fingerprint density at radius 3 is 2.83 bits per heavy atom. The summed E-state index contributed by atoms with van der Waals surface area (Å²) in [6.07, 6.45) is 7.20. The van der Waals surface area contributed by atoms with Crippen LogP contribution in [0.25, 0.3) is 0 Å². The van der Waals surface area contributed by atoms with Crippen LogP contribution in [0.15, 0.2) is 12.3 Å². The first-order chi connectivity index (χ1) is 8.66. The Morgan fingerprint density at radius 1 is 1.44 bits per heavy atom. The van der Waals surface area contributed by atoms with Crippen LogP contribution < -0.4 is 11.1 Å². The molecule has 1 saturated carbocycles. The van der Waals surface area contributed by atoms with Gasteiger partial charge in [0.15, 0.2) is 0 Å².